The van der Waals surface area contributed by atoms with E-state index in [0.717, 1.165) is 22.4 Å². The van der Waals surface area contributed by atoms with Gasteiger partial charge in [0.25, 0.3) is 6.23 Å². The maximum atomic E-state index is 13.5. The van der Waals surface area contributed by atoms with Crippen molar-refractivity contribution in [3.63, 3.8) is 0 Å². The van der Waals surface area contributed by atoms with Crippen LogP contribution in [-0.4, -0.2) is 37.0 Å². The van der Waals surface area contributed by atoms with Crippen molar-refractivity contribution >= 4 is 23.1 Å². The number of rotatable bonds is 5. The molecule has 7 heteroatoms. The Balaban J connectivity index is 1.56. The molecule has 2 atom stereocenters. The second-order valence-corrected chi connectivity index (χ2v) is 8.54. The monoisotopic (exact) mass is 462 g/mol. The van der Waals surface area contributed by atoms with Gasteiger partial charge >= 0.3 is 0 Å². The summed E-state index contributed by atoms with van der Waals surface area (Å²) in [5.74, 6) is 1.77. The third kappa shape index (κ3) is 3.80. The number of benzene rings is 3. The minimum absolute atomic E-state index is 0.141. The molecule has 0 amide bonds. The molecule has 33 heavy (non-hydrogen) atoms. The van der Waals surface area contributed by atoms with E-state index in [1.165, 1.54) is 0 Å². The Bertz CT molecular complexity index is 1260. The molecule has 0 saturated carbocycles. The number of ether oxygens (including phenoxy) is 3. The van der Waals surface area contributed by atoms with Crippen LogP contribution in [0.15, 0.2) is 65.8 Å². The third-order valence-electron chi connectivity index (χ3n) is 6.03. The molecular formula is C26H23ClN2O4. The number of nitrogens with zero attached hydrogens (tertiary/aromatic N) is 2. The zero-order valence-electron chi connectivity index (χ0n) is 18.5. The zero-order valence-corrected chi connectivity index (χ0v) is 19.3. The van der Waals surface area contributed by atoms with Crippen molar-refractivity contribution in [1.82, 2.24) is 5.01 Å². The van der Waals surface area contributed by atoms with Gasteiger partial charge in [0.15, 0.2) is 11.5 Å². The van der Waals surface area contributed by atoms with Crippen LogP contribution in [0.2, 0.25) is 5.02 Å². The Morgan fingerprint density at radius 2 is 1.79 bits per heavy atom. The van der Waals surface area contributed by atoms with E-state index < -0.39 is 6.23 Å². The van der Waals surface area contributed by atoms with Gasteiger partial charge in [-0.2, -0.15) is 5.10 Å². The fourth-order valence-corrected chi connectivity index (χ4v) is 4.46. The molecule has 2 aliphatic rings. The number of Topliss-reactive ketones (excluding diaryl/α,β-unsaturated/α-hetero) is 1. The summed E-state index contributed by atoms with van der Waals surface area (Å²) >= 11 is 6.29. The van der Waals surface area contributed by atoms with Gasteiger partial charge in [0, 0.05) is 28.1 Å². The zero-order chi connectivity index (χ0) is 23.1. The molecule has 0 bridgehead atoms. The highest BCUT2D eigenvalue weighted by Gasteiger charge is 2.43. The molecule has 5 rings (SSSR count). The first-order valence-electron chi connectivity index (χ1n) is 10.6. The molecule has 0 N–H and O–H groups in total. The Kier molecular flexibility index (Phi) is 5.46. The molecule has 3 aromatic rings. The second kappa shape index (κ2) is 8.45. The van der Waals surface area contributed by atoms with E-state index in [0.29, 0.717) is 34.3 Å². The smallest absolute Gasteiger partial charge is 0.251 e. The second-order valence-electron chi connectivity index (χ2n) is 8.10. The lowest BCUT2D eigenvalue weighted by molar-refractivity contribution is -0.00455. The average Bonchev–Trinajstić information content (AvgIpc) is 3.29. The van der Waals surface area contributed by atoms with Crippen molar-refractivity contribution in [2.75, 3.05) is 14.2 Å². The molecule has 6 nitrogen and oxygen atoms in total. The number of methoxy groups -OCH3 is 2. The summed E-state index contributed by atoms with van der Waals surface area (Å²) < 4.78 is 17.0. The molecule has 168 valence electrons. The standard InChI is InChI=1S/C26H23ClN2O4/c1-15-4-6-16(7-5-15)25(30)26-29-21(19-13-18(27)9-11-22(19)33-26)14-20(28-29)17-8-10-23(31-2)24(12-17)32-3/h4-13,21,26H,14H2,1-3H3/t21-,26+/m1/s1. The van der Waals surface area contributed by atoms with E-state index in [1.807, 2.05) is 61.5 Å². The van der Waals surface area contributed by atoms with Crippen LogP contribution in [0.4, 0.5) is 0 Å². The van der Waals surface area contributed by atoms with Crippen LogP contribution >= 0.6 is 11.6 Å². The Morgan fingerprint density at radius 3 is 2.52 bits per heavy atom. The van der Waals surface area contributed by atoms with Crippen molar-refractivity contribution in [1.29, 1.82) is 0 Å². The lowest BCUT2D eigenvalue weighted by Gasteiger charge is -2.37. The molecule has 3 aromatic carbocycles. The largest absolute Gasteiger partial charge is 0.493 e. The molecule has 2 heterocycles. The van der Waals surface area contributed by atoms with Crippen LogP contribution in [0.5, 0.6) is 17.2 Å². The lowest BCUT2D eigenvalue weighted by Crippen LogP contribution is -2.45. The summed E-state index contributed by atoms with van der Waals surface area (Å²) in [5.41, 5.74) is 4.31. The number of aryl methyl sites for hydroxylation is 1. The quantitative estimate of drug-likeness (QED) is 0.474. The van der Waals surface area contributed by atoms with Crippen LogP contribution in [0.1, 0.15) is 39.5 Å². The summed E-state index contributed by atoms with van der Waals surface area (Å²) in [6, 6.07) is 18.5. The predicted octanol–water partition coefficient (Wildman–Crippen LogP) is 5.42. The van der Waals surface area contributed by atoms with Gasteiger partial charge in [-0.15, -0.1) is 0 Å². The maximum Gasteiger partial charge on any atom is 0.251 e. The van der Waals surface area contributed by atoms with Crippen LogP contribution in [0, 0.1) is 6.92 Å². The van der Waals surface area contributed by atoms with Gasteiger partial charge in [0.1, 0.15) is 5.75 Å². The number of hydrogen-bond donors (Lipinski definition) is 0. The van der Waals surface area contributed by atoms with Crippen molar-refractivity contribution in [3.05, 3.63) is 87.9 Å². The van der Waals surface area contributed by atoms with Crippen LogP contribution in [-0.2, 0) is 0 Å². The number of halogens is 1. The molecule has 0 fully saturated rings. The molecule has 0 unspecified atom stereocenters. The molecule has 0 aromatic heterocycles. The molecule has 0 radical (unpaired) electrons. The fraction of sp³-hybridized carbons (Fsp3) is 0.231. The normalized spacial score (nSPS) is 18.7. The number of fused-ring (bicyclic) bond motifs is 3. The fourth-order valence-electron chi connectivity index (χ4n) is 4.28. The SMILES string of the molecule is COc1ccc(C2=NN3[C@H](C2)c2cc(Cl)ccc2O[C@H]3C(=O)c2ccc(C)cc2)cc1OC. The number of ketones is 1. The first kappa shape index (κ1) is 21.3. The van der Waals surface area contributed by atoms with E-state index in [2.05, 4.69) is 0 Å². The van der Waals surface area contributed by atoms with E-state index in [1.54, 1.807) is 25.3 Å². The van der Waals surface area contributed by atoms with Gasteiger partial charge in [-0.3, -0.25) is 4.79 Å². The molecule has 0 spiro atoms. The predicted molar refractivity (Wildman–Crippen MR) is 127 cm³/mol. The molecular weight excluding hydrogens is 440 g/mol. The minimum atomic E-state index is -0.871. The highest BCUT2D eigenvalue weighted by atomic mass is 35.5. The van der Waals surface area contributed by atoms with Crippen molar-refractivity contribution in [2.24, 2.45) is 5.10 Å². The van der Waals surface area contributed by atoms with Crippen molar-refractivity contribution in [3.8, 4) is 17.2 Å². The molecule has 0 aliphatic carbocycles. The molecule has 0 saturated heterocycles. The first-order valence-corrected chi connectivity index (χ1v) is 11.0. The topological polar surface area (TPSA) is 60.4 Å². The van der Waals surface area contributed by atoms with Crippen molar-refractivity contribution < 1.29 is 19.0 Å². The van der Waals surface area contributed by atoms with E-state index in [9.17, 15) is 4.79 Å². The van der Waals surface area contributed by atoms with Gasteiger partial charge < -0.3 is 14.2 Å². The summed E-state index contributed by atoms with van der Waals surface area (Å²) in [6.07, 6.45) is -0.270. The summed E-state index contributed by atoms with van der Waals surface area (Å²) in [6.45, 7) is 1.99. The number of hydrazone groups is 1. The number of carbonyl (C=O) groups excluding carboxylic acids is 1. The Morgan fingerprint density at radius 1 is 1.03 bits per heavy atom. The summed E-state index contributed by atoms with van der Waals surface area (Å²) in [4.78, 5) is 13.5. The third-order valence-corrected chi connectivity index (χ3v) is 6.26. The van der Waals surface area contributed by atoms with Crippen LogP contribution in [0.3, 0.4) is 0 Å². The first-order chi connectivity index (χ1) is 16.0. The summed E-state index contributed by atoms with van der Waals surface area (Å²) in [7, 11) is 3.20. The van der Waals surface area contributed by atoms with Crippen molar-refractivity contribution in [2.45, 2.75) is 25.6 Å². The summed E-state index contributed by atoms with van der Waals surface area (Å²) in [5, 5.41) is 7.22. The number of carbonyl (C=O) groups is 1. The highest BCUT2D eigenvalue weighted by Crippen LogP contribution is 2.45. The van der Waals surface area contributed by atoms with E-state index in [4.69, 9.17) is 30.9 Å². The Labute approximate surface area is 197 Å². The van der Waals surface area contributed by atoms with Crippen LogP contribution in [0.25, 0.3) is 0 Å². The average molecular weight is 463 g/mol. The highest BCUT2D eigenvalue weighted by molar-refractivity contribution is 6.30. The van der Waals surface area contributed by atoms with Gasteiger partial charge in [0.05, 0.1) is 26.0 Å². The van der Waals surface area contributed by atoms with Gasteiger partial charge in [-0.25, -0.2) is 5.01 Å². The maximum absolute atomic E-state index is 13.5. The van der Waals surface area contributed by atoms with Gasteiger partial charge in [0.2, 0.25) is 5.78 Å². The molecule has 2 aliphatic heterocycles. The van der Waals surface area contributed by atoms with Crippen LogP contribution < -0.4 is 14.2 Å². The lowest BCUT2D eigenvalue weighted by atomic mass is 9.95. The minimum Gasteiger partial charge on any atom is -0.493 e. The van der Waals surface area contributed by atoms with E-state index >= 15 is 0 Å². The van der Waals surface area contributed by atoms with Gasteiger partial charge in [-0.05, 0) is 43.3 Å². The number of hydrogen-bond acceptors (Lipinski definition) is 6. The Hall–Kier alpha value is -3.51. The van der Waals surface area contributed by atoms with Gasteiger partial charge in [-0.1, -0.05) is 41.4 Å². The van der Waals surface area contributed by atoms with E-state index in [-0.39, 0.29) is 11.8 Å².